The highest BCUT2D eigenvalue weighted by atomic mass is 35.5. The van der Waals surface area contributed by atoms with Crippen molar-refractivity contribution in [2.24, 2.45) is 0 Å². The molecule has 0 saturated carbocycles. The van der Waals surface area contributed by atoms with Gasteiger partial charge in [0.25, 0.3) is 5.91 Å². The second-order valence-electron chi connectivity index (χ2n) is 6.58. The Labute approximate surface area is 175 Å². The third kappa shape index (κ3) is 5.63. The summed E-state index contributed by atoms with van der Waals surface area (Å²) in [6, 6.07) is 9.99. The van der Waals surface area contributed by atoms with Gasteiger partial charge in [-0.15, -0.1) is 0 Å². The summed E-state index contributed by atoms with van der Waals surface area (Å²) in [6.45, 7) is 5.63. The Morgan fingerprint density at radius 1 is 1.11 bits per heavy atom. The molecule has 2 aromatic carbocycles. The first kappa shape index (κ1) is 22.1. The third-order valence-electron chi connectivity index (χ3n) is 4.61. The Bertz CT molecular complexity index is 871. The molecule has 28 heavy (non-hydrogen) atoms. The van der Waals surface area contributed by atoms with E-state index in [1.807, 2.05) is 32.0 Å². The number of nitrogens with zero attached hydrogens (tertiary/aromatic N) is 1. The number of halogens is 2. The number of carbonyl (C=O) groups excluding carboxylic acids is 2. The van der Waals surface area contributed by atoms with Crippen molar-refractivity contribution in [2.45, 2.75) is 33.4 Å². The van der Waals surface area contributed by atoms with Crippen molar-refractivity contribution in [2.75, 3.05) is 13.7 Å². The predicted molar refractivity (Wildman–Crippen MR) is 112 cm³/mol. The maximum absolute atomic E-state index is 12.9. The number of aryl methyl sites for hydroxylation is 2. The second kappa shape index (κ2) is 9.80. The monoisotopic (exact) mass is 422 g/mol. The van der Waals surface area contributed by atoms with Crippen LogP contribution in [0.5, 0.6) is 5.75 Å². The zero-order valence-corrected chi connectivity index (χ0v) is 17.9. The first-order valence-corrected chi connectivity index (χ1v) is 9.63. The van der Waals surface area contributed by atoms with Crippen LogP contribution >= 0.6 is 23.2 Å². The molecule has 5 nitrogen and oxygen atoms in total. The van der Waals surface area contributed by atoms with Crippen LogP contribution < -0.4 is 10.1 Å². The molecule has 2 rings (SSSR count). The van der Waals surface area contributed by atoms with Crippen molar-refractivity contribution in [1.29, 1.82) is 0 Å². The van der Waals surface area contributed by atoms with Gasteiger partial charge in [0.05, 0.1) is 0 Å². The zero-order chi connectivity index (χ0) is 20.8. The van der Waals surface area contributed by atoms with Crippen LogP contribution in [0, 0.1) is 13.8 Å². The fourth-order valence-corrected chi connectivity index (χ4v) is 3.12. The number of ether oxygens (including phenoxy) is 1. The summed E-state index contributed by atoms with van der Waals surface area (Å²) in [6.07, 6.45) is 0. The Morgan fingerprint density at radius 2 is 1.82 bits per heavy atom. The molecule has 0 saturated heterocycles. The molecular weight excluding hydrogens is 399 g/mol. The van der Waals surface area contributed by atoms with Crippen LogP contribution in [0.1, 0.15) is 23.6 Å². The lowest BCUT2D eigenvalue weighted by Crippen LogP contribution is -2.48. The molecule has 0 aromatic heterocycles. The number of rotatable bonds is 7. The van der Waals surface area contributed by atoms with Crippen molar-refractivity contribution in [3.05, 3.63) is 63.1 Å². The maximum Gasteiger partial charge on any atom is 0.261 e. The number of likely N-dealkylation sites (N-methyl/N-ethyl adjacent to an activating group) is 1. The van der Waals surface area contributed by atoms with Gasteiger partial charge in [-0.1, -0.05) is 35.3 Å². The number of nitrogens with one attached hydrogen (secondary N) is 1. The molecule has 0 spiro atoms. The molecule has 0 radical (unpaired) electrons. The fourth-order valence-electron chi connectivity index (χ4n) is 2.66. The third-order valence-corrected chi connectivity index (χ3v) is 5.20. The van der Waals surface area contributed by atoms with Crippen molar-refractivity contribution < 1.29 is 14.3 Å². The molecule has 0 aliphatic heterocycles. The van der Waals surface area contributed by atoms with Crippen LogP contribution in [0.25, 0.3) is 0 Å². The number of hydrogen-bond donors (Lipinski definition) is 1. The van der Waals surface area contributed by atoms with E-state index in [9.17, 15) is 9.59 Å². The minimum absolute atomic E-state index is 0.166. The maximum atomic E-state index is 12.9. The molecule has 1 N–H and O–H groups in total. The molecule has 1 unspecified atom stereocenters. The highest BCUT2D eigenvalue weighted by Crippen LogP contribution is 2.23. The summed E-state index contributed by atoms with van der Waals surface area (Å²) >= 11 is 12.2. The lowest BCUT2D eigenvalue weighted by molar-refractivity contribution is -0.142. The van der Waals surface area contributed by atoms with Gasteiger partial charge in [-0.2, -0.15) is 0 Å². The molecule has 0 bridgehead atoms. The van der Waals surface area contributed by atoms with Crippen molar-refractivity contribution in [3.8, 4) is 5.75 Å². The molecule has 0 fully saturated rings. The molecule has 7 heteroatoms. The van der Waals surface area contributed by atoms with Crippen LogP contribution in [0.4, 0.5) is 0 Å². The standard InChI is InChI=1S/C21H24Cl2N2O3/c1-13-5-8-18(9-14(13)2)28-12-20(26)25(15(3)21(27)24-4)11-16-6-7-17(22)10-19(16)23/h5-10,15H,11-12H2,1-4H3,(H,24,27). The summed E-state index contributed by atoms with van der Waals surface area (Å²) in [5.74, 6) is 0.0125. The molecule has 0 aliphatic carbocycles. The Hall–Kier alpha value is -2.24. The molecule has 1 atom stereocenters. The van der Waals surface area contributed by atoms with E-state index in [2.05, 4.69) is 5.32 Å². The predicted octanol–water partition coefficient (Wildman–Crippen LogP) is 4.15. The Balaban J connectivity index is 2.18. The lowest BCUT2D eigenvalue weighted by Gasteiger charge is -2.28. The van der Waals surface area contributed by atoms with Gasteiger partial charge in [0.15, 0.2) is 6.61 Å². The number of benzene rings is 2. The highest BCUT2D eigenvalue weighted by molar-refractivity contribution is 6.35. The largest absolute Gasteiger partial charge is 0.484 e. The van der Waals surface area contributed by atoms with Gasteiger partial charge in [0.2, 0.25) is 5.91 Å². The summed E-state index contributed by atoms with van der Waals surface area (Å²) in [5, 5.41) is 3.51. The summed E-state index contributed by atoms with van der Waals surface area (Å²) in [4.78, 5) is 26.4. The van der Waals surface area contributed by atoms with Crippen LogP contribution in [-0.2, 0) is 16.1 Å². The summed E-state index contributed by atoms with van der Waals surface area (Å²) < 4.78 is 5.66. The minimum Gasteiger partial charge on any atom is -0.484 e. The van der Waals surface area contributed by atoms with E-state index in [4.69, 9.17) is 27.9 Å². The van der Waals surface area contributed by atoms with Gasteiger partial charge < -0.3 is 15.0 Å². The van der Waals surface area contributed by atoms with E-state index in [0.717, 1.165) is 11.1 Å². The van der Waals surface area contributed by atoms with Gasteiger partial charge in [-0.05, 0) is 61.7 Å². The zero-order valence-electron chi connectivity index (χ0n) is 16.4. The van der Waals surface area contributed by atoms with Gasteiger partial charge in [-0.25, -0.2) is 0 Å². The Kier molecular flexibility index (Phi) is 7.72. The molecule has 0 heterocycles. The van der Waals surface area contributed by atoms with E-state index in [-0.39, 0.29) is 25.0 Å². The van der Waals surface area contributed by atoms with Gasteiger partial charge in [-0.3, -0.25) is 9.59 Å². The lowest BCUT2D eigenvalue weighted by atomic mass is 10.1. The minimum atomic E-state index is -0.687. The molecular formula is C21H24Cl2N2O3. The van der Waals surface area contributed by atoms with Crippen LogP contribution in [0.3, 0.4) is 0 Å². The normalized spacial score (nSPS) is 11.6. The smallest absolute Gasteiger partial charge is 0.261 e. The van der Waals surface area contributed by atoms with E-state index in [1.54, 1.807) is 25.1 Å². The van der Waals surface area contributed by atoms with Gasteiger partial charge >= 0.3 is 0 Å². The number of amides is 2. The molecule has 2 amide bonds. The van der Waals surface area contributed by atoms with Crippen LogP contribution in [0.15, 0.2) is 36.4 Å². The number of hydrogen-bond acceptors (Lipinski definition) is 3. The topological polar surface area (TPSA) is 58.6 Å². The fraction of sp³-hybridized carbons (Fsp3) is 0.333. The second-order valence-corrected chi connectivity index (χ2v) is 7.43. The van der Waals surface area contributed by atoms with E-state index >= 15 is 0 Å². The quantitative estimate of drug-likeness (QED) is 0.728. The molecule has 150 valence electrons. The van der Waals surface area contributed by atoms with Gasteiger partial charge in [0, 0.05) is 23.6 Å². The van der Waals surface area contributed by atoms with E-state index in [1.165, 1.54) is 11.9 Å². The van der Waals surface area contributed by atoms with E-state index < -0.39 is 6.04 Å². The average molecular weight is 423 g/mol. The first-order valence-electron chi connectivity index (χ1n) is 8.88. The summed E-state index contributed by atoms with van der Waals surface area (Å²) in [5.41, 5.74) is 2.92. The van der Waals surface area contributed by atoms with Gasteiger partial charge in [0.1, 0.15) is 11.8 Å². The summed E-state index contributed by atoms with van der Waals surface area (Å²) in [7, 11) is 1.53. The molecule has 0 aliphatic rings. The van der Waals surface area contributed by atoms with Crippen LogP contribution in [0.2, 0.25) is 10.0 Å². The molecule has 2 aromatic rings. The van der Waals surface area contributed by atoms with Crippen molar-refractivity contribution in [3.63, 3.8) is 0 Å². The van der Waals surface area contributed by atoms with Crippen molar-refractivity contribution >= 4 is 35.0 Å². The SMILES string of the molecule is CNC(=O)C(C)N(Cc1ccc(Cl)cc1Cl)C(=O)COc1ccc(C)c(C)c1. The van der Waals surface area contributed by atoms with E-state index in [0.29, 0.717) is 21.4 Å². The Morgan fingerprint density at radius 3 is 2.43 bits per heavy atom. The first-order chi connectivity index (χ1) is 13.2. The average Bonchev–Trinajstić information content (AvgIpc) is 2.67. The highest BCUT2D eigenvalue weighted by Gasteiger charge is 2.26. The number of carbonyl (C=O) groups is 2. The van der Waals surface area contributed by atoms with Crippen LogP contribution in [-0.4, -0.2) is 36.4 Å². The van der Waals surface area contributed by atoms with Crippen molar-refractivity contribution in [1.82, 2.24) is 10.2 Å².